The summed E-state index contributed by atoms with van der Waals surface area (Å²) in [7, 11) is 1.43. The van der Waals surface area contributed by atoms with Gasteiger partial charge in [0.15, 0.2) is 0 Å². The van der Waals surface area contributed by atoms with E-state index in [1.165, 1.54) is 19.9 Å². The summed E-state index contributed by atoms with van der Waals surface area (Å²) in [5.74, 6) is -2.08. The molecule has 1 aliphatic heterocycles. The van der Waals surface area contributed by atoms with Crippen molar-refractivity contribution in [3.05, 3.63) is 0 Å². The lowest BCUT2D eigenvalue weighted by molar-refractivity contribution is -0.142. The van der Waals surface area contributed by atoms with Gasteiger partial charge in [0.2, 0.25) is 0 Å². The molecule has 0 aromatic carbocycles. The van der Waals surface area contributed by atoms with Crippen LogP contribution in [0.1, 0.15) is 94.9 Å². The molecule has 0 aromatic heterocycles. The van der Waals surface area contributed by atoms with Crippen LogP contribution < -0.4 is 5.32 Å². The largest absolute Gasteiger partial charge is 0.480 e. The Bertz CT molecular complexity index is 629. The number of likely N-dealkylation sites (N-methyl/N-ethyl adjacent to an activating group) is 1. The molecule has 2 amide bonds. The molecule has 11 nitrogen and oxygen atoms in total. The molecule has 0 bridgehead atoms. The van der Waals surface area contributed by atoms with Gasteiger partial charge in [-0.15, -0.1) is 0 Å². The Kier molecular flexibility index (Phi) is 20.7. The SMILES string of the molecule is C1CCOC1.CC.CC[C@@H](C(=O)O)N(C)C(=O)OC(C)(C)C.CC[C@H](NC(=O)OC(C)(C)C)C(=O)O. The molecule has 1 aliphatic rings. The van der Waals surface area contributed by atoms with E-state index in [1.807, 2.05) is 13.8 Å². The molecule has 0 radical (unpaired) electrons. The van der Waals surface area contributed by atoms with Crippen LogP contribution >= 0.6 is 0 Å². The van der Waals surface area contributed by atoms with E-state index < -0.39 is 47.4 Å². The van der Waals surface area contributed by atoms with Crippen molar-refractivity contribution in [2.45, 2.75) is 118 Å². The minimum atomic E-state index is -1.06. The second-order valence-electron chi connectivity index (χ2n) is 9.62. The molecule has 0 spiro atoms. The van der Waals surface area contributed by atoms with E-state index in [2.05, 4.69) is 5.32 Å². The monoisotopic (exact) mass is 522 g/mol. The third-order valence-corrected chi connectivity index (χ3v) is 4.05. The average Bonchev–Trinajstić information content (AvgIpc) is 3.31. The van der Waals surface area contributed by atoms with Crippen molar-refractivity contribution in [2.75, 3.05) is 20.3 Å². The Morgan fingerprint density at radius 3 is 1.56 bits per heavy atom. The van der Waals surface area contributed by atoms with Gasteiger partial charge in [0.25, 0.3) is 0 Å². The van der Waals surface area contributed by atoms with E-state index in [0.717, 1.165) is 18.1 Å². The molecule has 1 heterocycles. The summed E-state index contributed by atoms with van der Waals surface area (Å²) >= 11 is 0. The molecule has 36 heavy (non-hydrogen) atoms. The minimum Gasteiger partial charge on any atom is -0.480 e. The lowest BCUT2D eigenvalue weighted by atomic mass is 10.2. The van der Waals surface area contributed by atoms with Crippen molar-refractivity contribution in [1.29, 1.82) is 0 Å². The molecule has 0 aliphatic carbocycles. The molecule has 1 saturated heterocycles. The average molecular weight is 523 g/mol. The standard InChI is InChI=1S/C10H19NO4.C9H17NO4.C4H8O.C2H6/c1-6-7(8(12)13)11(5)9(14)15-10(2,3)4;1-5-6(7(11)12)10-8(13)14-9(2,3)4;1-2-4-5-3-1;1-2/h7H,6H2,1-5H3,(H,12,13);6H,5H2,1-4H3,(H,10,13)(H,11,12);1-4H2;1-2H3/t7-;6-;;/m00../s1. The molecular weight excluding hydrogens is 472 g/mol. The molecule has 214 valence electrons. The van der Waals surface area contributed by atoms with E-state index in [0.29, 0.717) is 12.8 Å². The number of carbonyl (C=O) groups excluding carboxylic acids is 2. The quantitative estimate of drug-likeness (QED) is 0.441. The number of nitrogens with one attached hydrogen (secondary N) is 1. The van der Waals surface area contributed by atoms with Crippen LogP contribution in [0, 0.1) is 0 Å². The normalized spacial score (nSPS) is 14.1. The molecule has 3 N–H and O–H groups in total. The van der Waals surface area contributed by atoms with E-state index in [-0.39, 0.29) is 0 Å². The molecule has 11 heteroatoms. The lowest BCUT2D eigenvalue weighted by Gasteiger charge is -2.27. The first-order valence-electron chi connectivity index (χ1n) is 12.4. The molecule has 0 saturated carbocycles. The number of nitrogens with zero attached hydrogens (tertiary/aromatic N) is 1. The zero-order valence-corrected chi connectivity index (χ0v) is 24.1. The summed E-state index contributed by atoms with van der Waals surface area (Å²) in [5, 5.41) is 19.8. The summed E-state index contributed by atoms with van der Waals surface area (Å²) in [6, 6.07) is -1.72. The Morgan fingerprint density at radius 2 is 1.31 bits per heavy atom. The Hall–Kier alpha value is -2.56. The first-order chi connectivity index (χ1) is 16.4. The van der Waals surface area contributed by atoms with Gasteiger partial charge in [-0.05, 0) is 67.2 Å². The van der Waals surface area contributed by atoms with Gasteiger partial charge >= 0.3 is 24.1 Å². The highest BCUT2D eigenvalue weighted by atomic mass is 16.6. The van der Waals surface area contributed by atoms with Crippen LogP contribution in [0.2, 0.25) is 0 Å². The summed E-state index contributed by atoms with van der Waals surface area (Å²) in [6.07, 6.45) is 1.92. The smallest absolute Gasteiger partial charge is 0.410 e. The number of carboxylic acids is 2. The van der Waals surface area contributed by atoms with Crippen LogP contribution in [0.15, 0.2) is 0 Å². The Balaban J connectivity index is -0.000000478. The van der Waals surface area contributed by atoms with Gasteiger partial charge in [-0.25, -0.2) is 19.2 Å². The van der Waals surface area contributed by atoms with E-state index in [1.54, 1.807) is 55.4 Å². The number of ether oxygens (including phenoxy) is 3. The Morgan fingerprint density at radius 1 is 0.861 bits per heavy atom. The van der Waals surface area contributed by atoms with Gasteiger partial charge in [-0.1, -0.05) is 27.7 Å². The van der Waals surface area contributed by atoms with Crippen LogP contribution in [-0.4, -0.2) is 82.8 Å². The number of alkyl carbamates (subject to hydrolysis) is 1. The maximum absolute atomic E-state index is 11.5. The highest BCUT2D eigenvalue weighted by molar-refractivity contribution is 5.80. The van der Waals surface area contributed by atoms with Crippen LogP contribution in [-0.2, 0) is 23.8 Å². The Labute approximate surface area is 216 Å². The maximum atomic E-state index is 11.5. The van der Waals surface area contributed by atoms with Gasteiger partial charge in [0, 0.05) is 20.3 Å². The van der Waals surface area contributed by atoms with Crippen molar-refractivity contribution in [1.82, 2.24) is 10.2 Å². The topological polar surface area (TPSA) is 152 Å². The third kappa shape index (κ3) is 21.9. The predicted octanol–water partition coefficient (Wildman–Crippen LogP) is 4.91. The molecule has 1 fully saturated rings. The first kappa shape index (κ1) is 38.0. The van der Waals surface area contributed by atoms with Gasteiger partial charge in [0.05, 0.1) is 0 Å². The second kappa shape index (κ2) is 19.6. The van der Waals surface area contributed by atoms with Crippen LogP contribution in [0.3, 0.4) is 0 Å². The van der Waals surface area contributed by atoms with Crippen LogP contribution in [0.4, 0.5) is 9.59 Å². The predicted molar refractivity (Wildman–Crippen MR) is 138 cm³/mol. The summed E-state index contributed by atoms with van der Waals surface area (Å²) in [6.45, 7) is 19.7. The number of hydrogen-bond acceptors (Lipinski definition) is 7. The minimum absolute atomic E-state index is 0.328. The van der Waals surface area contributed by atoms with Gasteiger partial charge in [-0.2, -0.15) is 0 Å². The fourth-order valence-corrected chi connectivity index (χ4v) is 2.37. The molecular formula is C25H50N2O9. The zero-order valence-electron chi connectivity index (χ0n) is 24.1. The zero-order chi connectivity index (χ0) is 29.1. The second-order valence-corrected chi connectivity index (χ2v) is 9.62. The number of carbonyl (C=O) groups is 4. The van der Waals surface area contributed by atoms with Gasteiger partial charge < -0.3 is 29.7 Å². The number of hydrogen-bond donors (Lipinski definition) is 3. The van der Waals surface area contributed by atoms with E-state index >= 15 is 0 Å². The van der Waals surface area contributed by atoms with Crippen molar-refractivity contribution < 1.29 is 43.6 Å². The van der Waals surface area contributed by atoms with Crippen molar-refractivity contribution in [3.8, 4) is 0 Å². The fourth-order valence-electron chi connectivity index (χ4n) is 2.37. The van der Waals surface area contributed by atoms with Crippen molar-refractivity contribution in [2.24, 2.45) is 0 Å². The fraction of sp³-hybridized carbons (Fsp3) is 0.840. The number of rotatable bonds is 6. The van der Waals surface area contributed by atoms with Gasteiger partial charge in [0.1, 0.15) is 23.3 Å². The van der Waals surface area contributed by atoms with E-state index in [4.69, 9.17) is 24.4 Å². The maximum Gasteiger partial charge on any atom is 0.410 e. The van der Waals surface area contributed by atoms with Gasteiger partial charge in [-0.3, -0.25) is 4.90 Å². The third-order valence-electron chi connectivity index (χ3n) is 4.05. The molecule has 0 aromatic rings. The summed E-state index contributed by atoms with van der Waals surface area (Å²) < 4.78 is 14.9. The van der Waals surface area contributed by atoms with Crippen molar-refractivity contribution >= 4 is 24.1 Å². The number of carboxylic acid groups (broad SMARTS) is 2. The lowest BCUT2D eigenvalue weighted by Crippen LogP contribution is -2.44. The molecule has 2 atom stereocenters. The first-order valence-corrected chi connectivity index (χ1v) is 12.4. The molecule has 0 unspecified atom stereocenters. The van der Waals surface area contributed by atoms with Crippen LogP contribution in [0.5, 0.6) is 0 Å². The highest BCUT2D eigenvalue weighted by Gasteiger charge is 2.28. The van der Waals surface area contributed by atoms with Crippen molar-refractivity contribution in [3.63, 3.8) is 0 Å². The number of amides is 2. The summed E-state index contributed by atoms with van der Waals surface area (Å²) in [4.78, 5) is 45.1. The summed E-state index contributed by atoms with van der Waals surface area (Å²) in [5.41, 5.74) is -1.22. The van der Waals surface area contributed by atoms with E-state index in [9.17, 15) is 19.2 Å². The number of aliphatic carboxylic acids is 2. The van der Waals surface area contributed by atoms with Crippen LogP contribution in [0.25, 0.3) is 0 Å². The highest BCUT2D eigenvalue weighted by Crippen LogP contribution is 2.12. The molecule has 1 rings (SSSR count).